The van der Waals surface area contributed by atoms with Crippen LogP contribution in [0, 0.1) is 6.92 Å². The first-order chi connectivity index (χ1) is 12.6. The van der Waals surface area contributed by atoms with Crippen LogP contribution in [0.3, 0.4) is 0 Å². The number of amides is 1. The minimum atomic E-state index is -3.64. The van der Waals surface area contributed by atoms with Crippen molar-refractivity contribution in [2.75, 3.05) is 24.2 Å². The number of benzene rings is 2. The molecule has 2 aromatic rings. The predicted octanol–water partition coefficient (Wildman–Crippen LogP) is 3.30. The van der Waals surface area contributed by atoms with Crippen molar-refractivity contribution in [3.8, 4) is 5.75 Å². The molecule has 27 heavy (non-hydrogen) atoms. The molecule has 146 valence electrons. The Labute approximate surface area is 165 Å². The number of sulfonamides is 1. The second-order valence-corrected chi connectivity index (χ2v) is 8.61. The van der Waals surface area contributed by atoms with Crippen LogP contribution in [0.1, 0.15) is 24.1 Å². The number of hydrogen-bond donors (Lipinski definition) is 1. The zero-order valence-corrected chi connectivity index (χ0v) is 17.3. The highest BCUT2D eigenvalue weighted by atomic mass is 35.5. The van der Waals surface area contributed by atoms with Gasteiger partial charge < -0.3 is 10.1 Å². The predicted molar refractivity (Wildman–Crippen MR) is 108 cm³/mol. The SMILES string of the molecule is COc1ccc(C(C)NC(=O)CN(c2ccc(Cl)cc2C)S(C)(=O)=O)cc1. The van der Waals surface area contributed by atoms with Gasteiger partial charge in [0.15, 0.2) is 0 Å². The molecule has 0 fully saturated rings. The molecule has 0 radical (unpaired) electrons. The zero-order valence-electron chi connectivity index (χ0n) is 15.7. The molecule has 8 heteroatoms. The van der Waals surface area contributed by atoms with Crippen molar-refractivity contribution in [2.45, 2.75) is 19.9 Å². The van der Waals surface area contributed by atoms with Crippen molar-refractivity contribution >= 4 is 33.2 Å². The number of hydrogen-bond acceptors (Lipinski definition) is 4. The Bertz CT molecular complexity index is 914. The first kappa shape index (κ1) is 21.1. The van der Waals surface area contributed by atoms with Crippen molar-refractivity contribution in [1.29, 1.82) is 0 Å². The summed E-state index contributed by atoms with van der Waals surface area (Å²) in [5.41, 5.74) is 1.98. The van der Waals surface area contributed by atoms with Gasteiger partial charge in [-0.15, -0.1) is 0 Å². The minimum Gasteiger partial charge on any atom is -0.497 e. The number of carbonyl (C=O) groups is 1. The lowest BCUT2D eigenvalue weighted by Gasteiger charge is -2.25. The van der Waals surface area contributed by atoms with Gasteiger partial charge >= 0.3 is 0 Å². The van der Waals surface area contributed by atoms with E-state index >= 15 is 0 Å². The van der Waals surface area contributed by atoms with Crippen molar-refractivity contribution in [2.24, 2.45) is 0 Å². The lowest BCUT2D eigenvalue weighted by atomic mass is 10.1. The maximum atomic E-state index is 12.5. The Balaban J connectivity index is 2.16. The second-order valence-electron chi connectivity index (χ2n) is 6.26. The lowest BCUT2D eigenvalue weighted by Crippen LogP contribution is -2.41. The van der Waals surface area contributed by atoms with E-state index in [4.69, 9.17) is 16.3 Å². The Kier molecular flexibility index (Phi) is 6.73. The van der Waals surface area contributed by atoms with Gasteiger partial charge in [-0.05, 0) is 55.3 Å². The van der Waals surface area contributed by atoms with Crippen LogP contribution >= 0.6 is 11.6 Å². The molecule has 2 rings (SSSR count). The summed E-state index contributed by atoms with van der Waals surface area (Å²) in [6, 6.07) is 11.9. The minimum absolute atomic E-state index is 0.281. The van der Waals surface area contributed by atoms with E-state index < -0.39 is 15.9 Å². The summed E-state index contributed by atoms with van der Waals surface area (Å²) < 4.78 is 30.7. The fourth-order valence-corrected chi connectivity index (χ4v) is 3.81. The largest absolute Gasteiger partial charge is 0.497 e. The summed E-state index contributed by atoms with van der Waals surface area (Å²) in [6.45, 7) is 3.26. The van der Waals surface area contributed by atoms with Crippen LogP contribution in [0.4, 0.5) is 5.69 Å². The van der Waals surface area contributed by atoms with E-state index in [1.807, 2.05) is 19.1 Å². The Hall–Kier alpha value is -2.25. The number of nitrogens with one attached hydrogen (secondary N) is 1. The van der Waals surface area contributed by atoms with Gasteiger partial charge in [-0.1, -0.05) is 23.7 Å². The lowest BCUT2D eigenvalue weighted by molar-refractivity contribution is -0.120. The van der Waals surface area contributed by atoms with E-state index in [0.717, 1.165) is 21.9 Å². The fraction of sp³-hybridized carbons (Fsp3) is 0.316. The maximum absolute atomic E-state index is 12.5. The van der Waals surface area contributed by atoms with E-state index in [2.05, 4.69) is 5.32 Å². The monoisotopic (exact) mass is 410 g/mol. The fourth-order valence-electron chi connectivity index (χ4n) is 2.67. The molecule has 2 aromatic carbocycles. The van der Waals surface area contributed by atoms with Gasteiger partial charge in [-0.2, -0.15) is 0 Å². The number of carbonyl (C=O) groups excluding carboxylic acids is 1. The molecular formula is C19H23ClN2O4S. The van der Waals surface area contributed by atoms with Gasteiger partial charge in [0.1, 0.15) is 12.3 Å². The summed E-state index contributed by atoms with van der Waals surface area (Å²) in [6.07, 6.45) is 1.07. The molecular weight excluding hydrogens is 388 g/mol. The quantitative estimate of drug-likeness (QED) is 0.759. The number of methoxy groups -OCH3 is 1. The van der Waals surface area contributed by atoms with E-state index in [1.54, 1.807) is 44.4 Å². The van der Waals surface area contributed by atoms with Crippen molar-refractivity contribution in [3.05, 3.63) is 58.6 Å². The van der Waals surface area contributed by atoms with Crippen molar-refractivity contribution in [1.82, 2.24) is 5.32 Å². The highest BCUT2D eigenvalue weighted by Gasteiger charge is 2.23. The highest BCUT2D eigenvalue weighted by molar-refractivity contribution is 7.92. The van der Waals surface area contributed by atoms with E-state index in [9.17, 15) is 13.2 Å². The zero-order chi connectivity index (χ0) is 20.2. The van der Waals surface area contributed by atoms with Gasteiger partial charge in [0.25, 0.3) is 0 Å². The number of anilines is 1. The topological polar surface area (TPSA) is 75.7 Å². The normalized spacial score (nSPS) is 12.3. The molecule has 0 aliphatic heterocycles. The Morgan fingerprint density at radius 3 is 2.37 bits per heavy atom. The molecule has 0 saturated carbocycles. The van der Waals surface area contributed by atoms with E-state index in [0.29, 0.717) is 16.3 Å². The van der Waals surface area contributed by atoms with Crippen LogP contribution in [-0.4, -0.2) is 34.2 Å². The molecule has 1 atom stereocenters. The molecule has 0 aromatic heterocycles. The average Bonchev–Trinajstić information content (AvgIpc) is 2.59. The van der Waals surface area contributed by atoms with E-state index in [1.165, 1.54) is 0 Å². The Morgan fingerprint density at radius 1 is 1.22 bits per heavy atom. The third-order valence-electron chi connectivity index (χ3n) is 4.11. The molecule has 1 amide bonds. The number of ether oxygens (including phenoxy) is 1. The third-order valence-corrected chi connectivity index (χ3v) is 5.47. The number of rotatable bonds is 7. The average molecular weight is 411 g/mol. The highest BCUT2D eigenvalue weighted by Crippen LogP contribution is 2.25. The van der Waals surface area contributed by atoms with Crippen LogP contribution < -0.4 is 14.4 Å². The Morgan fingerprint density at radius 2 is 1.85 bits per heavy atom. The van der Waals surface area contributed by atoms with Crippen LogP contribution in [0.15, 0.2) is 42.5 Å². The first-order valence-electron chi connectivity index (χ1n) is 8.29. The molecule has 1 unspecified atom stereocenters. The number of nitrogens with zero attached hydrogens (tertiary/aromatic N) is 1. The molecule has 0 aliphatic carbocycles. The standard InChI is InChI=1S/C19H23ClN2O4S/c1-13-11-16(20)7-10-18(13)22(27(4,24)25)12-19(23)21-14(2)15-5-8-17(26-3)9-6-15/h5-11,14H,12H2,1-4H3,(H,21,23). The van der Waals surface area contributed by atoms with Crippen molar-refractivity contribution < 1.29 is 17.9 Å². The molecule has 0 bridgehead atoms. The van der Waals surface area contributed by atoms with Gasteiger partial charge in [0, 0.05) is 5.02 Å². The van der Waals surface area contributed by atoms with Gasteiger partial charge in [0.2, 0.25) is 15.9 Å². The third kappa shape index (κ3) is 5.61. The van der Waals surface area contributed by atoms with Gasteiger partial charge in [-0.25, -0.2) is 8.42 Å². The smallest absolute Gasteiger partial charge is 0.241 e. The molecule has 6 nitrogen and oxygen atoms in total. The summed E-state index contributed by atoms with van der Waals surface area (Å²) in [5.74, 6) is 0.317. The van der Waals surface area contributed by atoms with E-state index in [-0.39, 0.29) is 12.6 Å². The van der Waals surface area contributed by atoms with Crippen molar-refractivity contribution in [3.63, 3.8) is 0 Å². The number of aryl methyl sites for hydroxylation is 1. The van der Waals surface area contributed by atoms with Gasteiger partial charge in [-0.3, -0.25) is 9.10 Å². The summed E-state index contributed by atoms with van der Waals surface area (Å²) in [4.78, 5) is 12.5. The first-order valence-corrected chi connectivity index (χ1v) is 10.5. The van der Waals surface area contributed by atoms with Crippen LogP contribution in [0.2, 0.25) is 5.02 Å². The summed E-state index contributed by atoms with van der Waals surface area (Å²) in [7, 11) is -2.06. The second kappa shape index (κ2) is 8.63. The molecule has 0 saturated heterocycles. The molecule has 1 N–H and O–H groups in total. The number of halogens is 1. The van der Waals surface area contributed by atoms with Crippen LogP contribution in [0.5, 0.6) is 5.75 Å². The summed E-state index contributed by atoms with van der Waals surface area (Å²) in [5, 5.41) is 3.33. The van der Waals surface area contributed by atoms with Crippen LogP contribution in [-0.2, 0) is 14.8 Å². The maximum Gasteiger partial charge on any atom is 0.241 e. The molecule has 0 spiro atoms. The summed E-state index contributed by atoms with van der Waals surface area (Å²) >= 11 is 5.94. The molecule has 0 heterocycles. The van der Waals surface area contributed by atoms with Gasteiger partial charge in [0.05, 0.1) is 25.1 Å². The van der Waals surface area contributed by atoms with Crippen LogP contribution in [0.25, 0.3) is 0 Å². The molecule has 0 aliphatic rings.